The number of benzene rings is 2. The molecule has 42 heavy (non-hydrogen) atoms. The van der Waals surface area contributed by atoms with Crippen LogP contribution in [0.25, 0.3) is 0 Å². The van der Waals surface area contributed by atoms with Crippen LogP contribution in [-0.2, 0) is 9.59 Å². The summed E-state index contributed by atoms with van der Waals surface area (Å²) in [4.78, 5) is 77.0. The van der Waals surface area contributed by atoms with Gasteiger partial charge in [0.2, 0.25) is 11.8 Å². The molecule has 0 aliphatic rings. The van der Waals surface area contributed by atoms with Crippen LogP contribution in [0.5, 0.6) is 0 Å². The van der Waals surface area contributed by atoms with Gasteiger partial charge in [-0.15, -0.1) is 0 Å². The summed E-state index contributed by atoms with van der Waals surface area (Å²) in [6, 6.07) is 1.50. The maximum atomic E-state index is 13.3. The molecule has 0 spiro atoms. The Morgan fingerprint density at radius 2 is 1.36 bits per heavy atom. The number of aliphatic hydroxyl groups is 1. The molecule has 6 N–H and O–H groups in total. The highest BCUT2D eigenvalue weighted by atomic mass is 127. The molecular formula is C24H22I5N5O8. The predicted octanol–water partition coefficient (Wildman–Crippen LogP) is 2.84. The van der Waals surface area contributed by atoms with Gasteiger partial charge in [-0.3, -0.25) is 24.0 Å². The van der Waals surface area contributed by atoms with Crippen molar-refractivity contribution in [2.75, 3.05) is 44.0 Å². The van der Waals surface area contributed by atoms with Crippen molar-refractivity contribution in [3.05, 3.63) is 46.2 Å². The van der Waals surface area contributed by atoms with Crippen molar-refractivity contribution in [3.8, 4) is 0 Å². The Morgan fingerprint density at radius 3 is 1.88 bits per heavy atom. The number of carbonyl (C=O) groups excluding carboxylic acids is 5. The van der Waals surface area contributed by atoms with Gasteiger partial charge in [0, 0.05) is 34.7 Å². The highest BCUT2D eigenvalue weighted by molar-refractivity contribution is 14.1. The van der Waals surface area contributed by atoms with Crippen molar-refractivity contribution < 1.29 is 39.0 Å². The zero-order chi connectivity index (χ0) is 32.0. The number of hydrogen-bond donors (Lipinski definition) is 6. The van der Waals surface area contributed by atoms with Gasteiger partial charge >= 0.3 is 5.97 Å². The molecule has 0 saturated heterocycles. The van der Waals surface area contributed by atoms with E-state index in [9.17, 15) is 33.9 Å². The van der Waals surface area contributed by atoms with Gasteiger partial charge in [-0.1, -0.05) is 0 Å². The molecule has 0 saturated carbocycles. The number of aliphatic hydroxyl groups excluding tert-OH is 1. The van der Waals surface area contributed by atoms with Crippen LogP contribution in [0, 0.1) is 17.9 Å². The maximum absolute atomic E-state index is 13.3. The first kappa shape index (κ1) is 37.1. The highest BCUT2D eigenvalue weighted by Gasteiger charge is 2.29. The molecule has 5 amide bonds. The van der Waals surface area contributed by atoms with Crippen molar-refractivity contribution in [2.45, 2.75) is 6.92 Å². The number of nitrogens with zero attached hydrogens (tertiary/aromatic N) is 1. The summed E-state index contributed by atoms with van der Waals surface area (Å²) >= 11 is 9.07. The van der Waals surface area contributed by atoms with Gasteiger partial charge < -0.3 is 36.4 Å². The molecule has 0 heterocycles. The monoisotopic (exact) mass is 1140 g/mol. The molecule has 0 aliphatic carbocycles. The van der Waals surface area contributed by atoms with Crippen LogP contribution in [-0.4, -0.2) is 79.5 Å². The fraction of sp³-hybridized carbons (Fsp3) is 0.250. The number of amides is 5. The van der Waals surface area contributed by atoms with E-state index in [1.165, 1.54) is 32.0 Å². The molecule has 2 aromatic rings. The number of hydrogen-bond acceptors (Lipinski definition) is 7. The van der Waals surface area contributed by atoms with Gasteiger partial charge in [0.15, 0.2) is 0 Å². The minimum atomic E-state index is -1.31. The second-order valence-electron chi connectivity index (χ2n) is 8.19. The Bertz CT molecular complexity index is 1500. The van der Waals surface area contributed by atoms with E-state index >= 15 is 0 Å². The molecule has 0 unspecified atom stereocenters. The largest absolute Gasteiger partial charge is 0.478 e. The number of aromatic carboxylic acids is 1. The third kappa shape index (κ3) is 8.32. The number of halogens is 5. The van der Waals surface area contributed by atoms with Gasteiger partial charge in [-0.25, -0.2) is 4.79 Å². The van der Waals surface area contributed by atoms with Crippen LogP contribution in [0.15, 0.2) is 6.07 Å². The summed E-state index contributed by atoms with van der Waals surface area (Å²) in [5.74, 6) is -4.15. The molecule has 0 fully saturated rings. The second-order valence-corrected chi connectivity index (χ2v) is 13.6. The molecule has 18 heteroatoms. The quantitative estimate of drug-likeness (QED) is 0.196. The molecule has 13 nitrogen and oxygen atoms in total. The fourth-order valence-electron chi connectivity index (χ4n) is 3.39. The van der Waals surface area contributed by atoms with Crippen molar-refractivity contribution in [1.82, 2.24) is 16.0 Å². The van der Waals surface area contributed by atoms with Crippen LogP contribution in [0.3, 0.4) is 0 Å². The first-order valence-electron chi connectivity index (χ1n) is 11.5. The second kappa shape index (κ2) is 16.3. The van der Waals surface area contributed by atoms with E-state index in [-0.39, 0.29) is 57.7 Å². The standard InChI is InChI=1S/C24H22I5N5O8/c1-8(36)34(3)10-6-9(21(38)30-2)15(25)12(16(10)26)23(40)32-7-11(37)33-20-18(28)13(22(39)31-4-5-35)17(27)14(19(20)29)24(41)42/h6,35H,4-5,7H2,1-3H3,(H,30,38)(H,31,39)(H,32,40)(H,33,37)(H,41,42). The average molecular weight is 1140 g/mol. The van der Waals surface area contributed by atoms with E-state index in [2.05, 4.69) is 21.3 Å². The maximum Gasteiger partial charge on any atom is 0.337 e. The zero-order valence-corrected chi connectivity index (χ0v) is 32.7. The van der Waals surface area contributed by atoms with E-state index in [0.29, 0.717) is 12.8 Å². The van der Waals surface area contributed by atoms with Crippen LogP contribution in [0.1, 0.15) is 48.4 Å². The number of nitrogens with one attached hydrogen (secondary N) is 4. The summed E-state index contributed by atoms with van der Waals surface area (Å²) in [5, 5.41) is 28.9. The Balaban J connectivity index is 2.46. The molecule has 0 bridgehead atoms. The predicted molar refractivity (Wildman–Crippen MR) is 196 cm³/mol. The Hall–Kier alpha value is -1.13. The lowest BCUT2D eigenvalue weighted by atomic mass is 10.1. The van der Waals surface area contributed by atoms with E-state index in [1.807, 2.05) is 67.8 Å². The van der Waals surface area contributed by atoms with Crippen molar-refractivity contribution >= 4 is 160 Å². The Kier molecular flexibility index (Phi) is 14.3. The average Bonchev–Trinajstić information content (AvgIpc) is 2.92. The normalized spacial score (nSPS) is 10.5. The van der Waals surface area contributed by atoms with Crippen LogP contribution < -0.4 is 26.2 Å². The third-order valence-corrected chi connectivity index (χ3v) is 11.0. The van der Waals surface area contributed by atoms with Gasteiger partial charge in [-0.05, 0) is 119 Å². The van der Waals surface area contributed by atoms with Gasteiger partial charge in [0.1, 0.15) is 0 Å². The van der Waals surface area contributed by atoms with Gasteiger partial charge in [-0.2, -0.15) is 0 Å². The third-order valence-electron chi connectivity index (χ3n) is 5.54. The topological polar surface area (TPSA) is 194 Å². The summed E-state index contributed by atoms with van der Waals surface area (Å²) in [5.41, 5.74) is 0.461. The Labute approximate surface area is 308 Å². The van der Waals surface area contributed by atoms with Gasteiger partial charge in [0.25, 0.3) is 17.7 Å². The van der Waals surface area contributed by atoms with Crippen molar-refractivity contribution in [2.24, 2.45) is 0 Å². The van der Waals surface area contributed by atoms with Gasteiger partial charge in [0.05, 0.1) is 57.5 Å². The van der Waals surface area contributed by atoms with E-state index in [1.54, 1.807) is 45.2 Å². The van der Waals surface area contributed by atoms with Crippen molar-refractivity contribution in [3.63, 3.8) is 0 Å². The summed E-state index contributed by atoms with van der Waals surface area (Å²) < 4.78 is 1.28. The number of carboxylic acids is 1. The number of anilines is 2. The van der Waals surface area contributed by atoms with Crippen LogP contribution >= 0.6 is 113 Å². The highest BCUT2D eigenvalue weighted by Crippen LogP contribution is 2.36. The number of rotatable bonds is 10. The lowest BCUT2D eigenvalue weighted by molar-refractivity contribution is -0.116. The summed E-state index contributed by atoms with van der Waals surface area (Å²) in [6.07, 6.45) is 0. The van der Waals surface area contributed by atoms with E-state index < -0.39 is 36.1 Å². The van der Waals surface area contributed by atoms with E-state index in [4.69, 9.17) is 5.11 Å². The SMILES string of the molecule is CNC(=O)c1cc(N(C)C(C)=O)c(I)c(C(=O)NCC(=O)Nc2c(I)c(C(=O)O)c(I)c(C(=O)NCCO)c2I)c1I. The number of carbonyl (C=O) groups is 6. The summed E-state index contributed by atoms with van der Waals surface area (Å²) in [7, 11) is 2.93. The zero-order valence-electron chi connectivity index (χ0n) is 21.9. The molecule has 0 atom stereocenters. The lowest BCUT2D eigenvalue weighted by Gasteiger charge is -2.21. The molecule has 0 radical (unpaired) electrons. The van der Waals surface area contributed by atoms with E-state index in [0.717, 1.165) is 0 Å². The minimum absolute atomic E-state index is 0.0130. The smallest absolute Gasteiger partial charge is 0.337 e. The molecule has 2 aromatic carbocycles. The molecule has 226 valence electrons. The molecular weight excluding hydrogens is 1120 g/mol. The number of carboxylic acid groups (broad SMARTS) is 1. The molecule has 0 aliphatic heterocycles. The Morgan fingerprint density at radius 1 is 0.810 bits per heavy atom. The summed E-state index contributed by atoms with van der Waals surface area (Å²) in [6.45, 7) is 0.409. The van der Waals surface area contributed by atoms with Crippen LogP contribution in [0.4, 0.5) is 11.4 Å². The fourth-order valence-corrected chi connectivity index (χ4v) is 10.2. The molecule has 0 aromatic heterocycles. The van der Waals surface area contributed by atoms with Crippen LogP contribution in [0.2, 0.25) is 0 Å². The lowest BCUT2D eigenvalue weighted by Crippen LogP contribution is -2.35. The first-order chi connectivity index (χ1) is 19.6. The van der Waals surface area contributed by atoms with Crippen molar-refractivity contribution in [1.29, 1.82) is 0 Å². The first-order valence-corrected chi connectivity index (χ1v) is 16.9. The molecule has 2 rings (SSSR count). The minimum Gasteiger partial charge on any atom is -0.478 e.